The molecule has 0 fully saturated rings. The molecule has 70 valence electrons. The second-order valence-electron chi connectivity index (χ2n) is 2.56. The van der Waals surface area contributed by atoms with Gasteiger partial charge in [0, 0.05) is 0 Å². The molecule has 3 N–H and O–H groups in total. The zero-order valence-electron chi connectivity index (χ0n) is 7.27. The van der Waals surface area contributed by atoms with E-state index in [9.17, 15) is 8.42 Å². The first-order valence-electron chi connectivity index (χ1n) is 3.00. The van der Waals surface area contributed by atoms with Crippen molar-refractivity contribution in [2.75, 3.05) is 21.1 Å². The van der Waals surface area contributed by atoms with Crippen LogP contribution in [0.25, 0.3) is 0 Å². The zero-order chi connectivity index (χ0) is 9.65. The van der Waals surface area contributed by atoms with E-state index in [0.717, 1.165) is 0 Å². The minimum atomic E-state index is -3.96. The Morgan fingerprint density at radius 3 is 1.45 bits per heavy atom. The molecule has 0 rings (SSSR count). The van der Waals surface area contributed by atoms with Crippen molar-refractivity contribution in [3.05, 3.63) is 0 Å². The van der Waals surface area contributed by atoms with Gasteiger partial charge in [0.1, 0.15) is 5.37 Å². The molecule has 0 saturated heterocycles. The van der Waals surface area contributed by atoms with Crippen LogP contribution in [-0.2, 0) is 10.1 Å². The minimum absolute atomic E-state index is 1.17. The van der Waals surface area contributed by atoms with E-state index in [1.807, 2.05) is 26.0 Å². The molecular formula is C5H16N2O3S. The van der Waals surface area contributed by atoms with Crippen molar-refractivity contribution < 1.29 is 13.0 Å². The van der Waals surface area contributed by atoms with Crippen molar-refractivity contribution in [1.82, 2.24) is 4.90 Å². The number of nitrogens with zero attached hydrogens (tertiary/aromatic N) is 1. The lowest BCUT2D eigenvalue weighted by molar-refractivity contribution is 0.471. The third-order valence-electron chi connectivity index (χ3n) is 0.470. The molecule has 0 spiro atoms. The summed E-state index contributed by atoms with van der Waals surface area (Å²) in [5.41, 5.74) is 4.73. The highest BCUT2D eigenvalue weighted by atomic mass is 32.2. The summed E-state index contributed by atoms with van der Waals surface area (Å²) in [4.78, 5) is 2.00. The average Bonchev–Trinajstić information content (AvgIpc) is 1.59. The fourth-order valence-corrected chi connectivity index (χ4v) is 0. The molecule has 0 aromatic carbocycles. The third kappa shape index (κ3) is 17.7. The first kappa shape index (κ1) is 13.4. The van der Waals surface area contributed by atoms with Crippen molar-refractivity contribution in [1.29, 1.82) is 0 Å². The standard InChI is InChI=1S/C3H9N.C2H7NO3S/c1-4(2)3;1-2(3)7(4,5)6/h1-3H3;2H,3H2,1H3,(H,4,5,6). The van der Waals surface area contributed by atoms with Crippen LogP contribution in [0.1, 0.15) is 6.92 Å². The molecule has 1 atom stereocenters. The Balaban J connectivity index is 0. The molecule has 1 unspecified atom stereocenters. The largest absolute Gasteiger partial charge is 0.313 e. The van der Waals surface area contributed by atoms with E-state index in [-0.39, 0.29) is 0 Å². The van der Waals surface area contributed by atoms with Gasteiger partial charge in [0.05, 0.1) is 0 Å². The minimum Gasteiger partial charge on any atom is -0.313 e. The summed E-state index contributed by atoms with van der Waals surface area (Å²) >= 11 is 0. The summed E-state index contributed by atoms with van der Waals surface area (Å²) in [7, 11) is 2.04. The van der Waals surface area contributed by atoms with Gasteiger partial charge in [0.15, 0.2) is 0 Å². The average molecular weight is 184 g/mol. The van der Waals surface area contributed by atoms with E-state index in [0.29, 0.717) is 0 Å². The molecule has 6 heteroatoms. The second kappa shape index (κ2) is 5.48. The number of hydrogen-bond donors (Lipinski definition) is 2. The Morgan fingerprint density at radius 1 is 1.36 bits per heavy atom. The van der Waals surface area contributed by atoms with Gasteiger partial charge in [-0.2, -0.15) is 8.42 Å². The van der Waals surface area contributed by atoms with E-state index in [1.165, 1.54) is 6.92 Å². The lowest BCUT2D eigenvalue weighted by atomic mass is 10.8. The zero-order valence-corrected chi connectivity index (χ0v) is 8.09. The van der Waals surface area contributed by atoms with E-state index >= 15 is 0 Å². The summed E-state index contributed by atoms with van der Waals surface area (Å²) in [5.74, 6) is 0. The van der Waals surface area contributed by atoms with Crippen LogP contribution in [0.4, 0.5) is 0 Å². The number of hydrogen-bond acceptors (Lipinski definition) is 4. The van der Waals surface area contributed by atoms with Crippen LogP contribution in [0.15, 0.2) is 0 Å². The molecule has 0 bridgehead atoms. The van der Waals surface area contributed by atoms with Crippen molar-refractivity contribution in [3.63, 3.8) is 0 Å². The molecule has 0 heterocycles. The summed E-state index contributed by atoms with van der Waals surface area (Å²) < 4.78 is 27.5. The molecule has 0 aliphatic heterocycles. The molecule has 0 aliphatic rings. The first-order valence-corrected chi connectivity index (χ1v) is 4.51. The van der Waals surface area contributed by atoms with Gasteiger partial charge < -0.3 is 10.6 Å². The molecule has 5 nitrogen and oxygen atoms in total. The highest BCUT2D eigenvalue weighted by Gasteiger charge is 2.09. The lowest BCUT2D eigenvalue weighted by Gasteiger charge is -1.95. The van der Waals surface area contributed by atoms with Crippen LogP contribution in [-0.4, -0.2) is 44.4 Å². The quantitative estimate of drug-likeness (QED) is 0.529. The number of nitrogens with two attached hydrogens (primary N) is 1. The molecule has 11 heavy (non-hydrogen) atoms. The van der Waals surface area contributed by atoms with Gasteiger partial charge in [-0.3, -0.25) is 4.55 Å². The maximum atomic E-state index is 9.76. The fourth-order valence-electron chi connectivity index (χ4n) is 0. The Hall–Kier alpha value is -0.170. The van der Waals surface area contributed by atoms with Crippen LogP contribution in [0.3, 0.4) is 0 Å². The van der Waals surface area contributed by atoms with E-state index < -0.39 is 15.5 Å². The van der Waals surface area contributed by atoms with Crippen LogP contribution < -0.4 is 5.73 Å². The Bertz CT molecular complexity index is 171. The van der Waals surface area contributed by atoms with Crippen molar-refractivity contribution in [2.45, 2.75) is 12.3 Å². The lowest BCUT2D eigenvalue weighted by Crippen LogP contribution is -2.25. The molecular weight excluding hydrogens is 168 g/mol. The Labute approximate surface area is 67.9 Å². The molecule has 0 amide bonds. The predicted octanol–water partition coefficient (Wildman–Crippen LogP) is -0.643. The molecule has 0 aliphatic carbocycles. The van der Waals surface area contributed by atoms with Gasteiger partial charge in [-0.05, 0) is 28.1 Å². The second-order valence-corrected chi connectivity index (χ2v) is 4.34. The monoisotopic (exact) mass is 184 g/mol. The molecule has 0 aromatic rings. The van der Waals surface area contributed by atoms with Crippen molar-refractivity contribution in [3.8, 4) is 0 Å². The van der Waals surface area contributed by atoms with Crippen LogP contribution in [0.2, 0.25) is 0 Å². The van der Waals surface area contributed by atoms with Gasteiger partial charge >= 0.3 is 0 Å². The van der Waals surface area contributed by atoms with Crippen molar-refractivity contribution >= 4 is 10.1 Å². The maximum Gasteiger partial charge on any atom is 0.280 e. The maximum absolute atomic E-state index is 9.76. The van der Waals surface area contributed by atoms with Gasteiger partial charge in [-0.25, -0.2) is 0 Å². The summed E-state index contributed by atoms with van der Waals surface area (Å²) in [6, 6.07) is 0. The summed E-state index contributed by atoms with van der Waals surface area (Å²) in [6.07, 6.45) is 0. The number of rotatable bonds is 1. The fraction of sp³-hybridized carbons (Fsp3) is 1.00. The Kier molecular flexibility index (Phi) is 6.68. The predicted molar refractivity (Wildman–Crippen MR) is 44.8 cm³/mol. The third-order valence-corrected chi connectivity index (χ3v) is 1.41. The van der Waals surface area contributed by atoms with E-state index in [2.05, 4.69) is 0 Å². The normalized spacial score (nSPS) is 13.7. The van der Waals surface area contributed by atoms with Gasteiger partial charge in [-0.15, -0.1) is 0 Å². The molecule has 0 radical (unpaired) electrons. The highest BCUT2D eigenvalue weighted by molar-refractivity contribution is 7.86. The van der Waals surface area contributed by atoms with Crippen LogP contribution in [0.5, 0.6) is 0 Å². The van der Waals surface area contributed by atoms with Gasteiger partial charge in [0.2, 0.25) is 0 Å². The SMILES string of the molecule is CC(N)S(=O)(=O)O.CN(C)C. The highest BCUT2D eigenvalue weighted by Crippen LogP contribution is 1.84. The molecule has 0 aromatic heterocycles. The summed E-state index contributed by atoms with van der Waals surface area (Å²) in [6.45, 7) is 1.19. The van der Waals surface area contributed by atoms with Crippen molar-refractivity contribution in [2.24, 2.45) is 5.73 Å². The summed E-state index contributed by atoms with van der Waals surface area (Å²) in [5, 5.41) is -1.17. The van der Waals surface area contributed by atoms with E-state index in [1.54, 1.807) is 0 Å². The molecule has 0 saturated carbocycles. The smallest absolute Gasteiger partial charge is 0.280 e. The van der Waals surface area contributed by atoms with Gasteiger partial charge in [-0.1, -0.05) is 0 Å². The van der Waals surface area contributed by atoms with E-state index in [4.69, 9.17) is 10.3 Å². The Morgan fingerprint density at radius 2 is 1.45 bits per heavy atom. The van der Waals surface area contributed by atoms with Crippen LogP contribution in [0, 0.1) is 0 Å². The first-order chi connectivity index (χ1) is 4.68. The van der Waals surface area contributed by atoms with Crippen LogP contribution >= 0.6 is 0 Å². The topological polar surface area (TPSA) is 83.6 Å². The van der Waals surface area contributed by atoms with Gasteiger partial charge in [0.25, 0.3) is 10.1 Å².